The summed E-state index contributed by atoms with van der Waals surface area (Å²) in [7, 11) is 0. The molecule has 0 spiro atoms. The summed E-state index contributed by atoms with van der Waals surface area (Å²) >= 11 is 0.562. The van der Waals surface area contributed by atoms with Crippen LogP contribution >= 0.6 is 11.3 Å². The van der Waals surface area contributed by atoms with E-state index in [0.717, 1.165) is 22.4 Å². The number of thiophene rings is 1. The molecule has 7 nitrogen and oxygen atoms in total. The first-order valence-electron chi connectivity index (χ1n) is 10.5. The second-order valence-corrected chi connectivity index (χ2v) is 9.14. The van der Waals surface area contributed by atoms with E-state index in [1.165, 1.54) is 6.92 Å². The highest BCUT2D eigenvalue weighted by molar-refractivity contribution is 7.21. The standard InChI is InChI=1S/C23H17F6N5O2S/c1-10-3-5-12(6-4-10)13-8-14(22(24,25)26)31-21-17(13)18(19(37-21)20(30)36)32-16(35)9-34-11(2)7-15(33-34)23(27,28)29/h3-8H,9H2,1-2H3,(H2,30,36)(H,32,35). The third kappa shape index (κ3) is 5.28. The van der Waals surface area contributed by atoms with Crippen molar-refractivity contribution in [1.29, 1.82) is 0 Å². The van der Waals surface area contributed by atoms with E-state index in [0.29, 0.717) is 16.9 Å². The fourth-order valence-electron chi connectivity index (χ4n) is 3.62. The average molecular weight is 541 g/mol. The third-order valence-electron chi connectivity index (χ3n) is 5.37. The van der Waals surface area contributed by atoms with E-state index in [4.69, 9.17) is 5.73 Å². The molecule has 3 aromatic heterocycles. The van der Waals surface area contributed by atoms with E-state index < -0.39 is 42.1 Å². The number of amides is 2. The molecule has 37 heavy (non-hydrogen) atoms. The molecule has 0 radical (unpaired) electrons. The van der Waals surface area contributed by atoms with E-state index in [-0.39, 0.29) is 32.0 Å². The van der Waals surface area contributed by atoms with Gasteiger partial charge in [0.15, 0.2) is 5.69 Å². The number of carbonyl (C=O) groups excluding carboxylic acids is 2. The number of hydrogen-bond donors (Lipinski definition) is 2. The van der Waals surface area contributed by atoms with Crippen LogP contribution in [-0.2, 0) is 23.7 Å². The van der Waals surface area contributed by atoms with Crippen LogP contribution in [0.3, 0.4) is 0 Å². The summed E-state index contributed by atoms with van der Waals surface area (Å²) < 4.78 is 80.6. The molecule has 0 unspecified atom stereocenters. The van der Waals surface area contributed by atoms with Gasteiger partial charge in [0, 0.05) is 11.1 Å². The predicted octanol–water partition coefficient (Wildman–Crippen LogP) is 5.55. The van der Waals surface area contributed by atoms with Gasteiger partial charge < -0.3 is 11.1 Å². The van der Waals surface area contributed by atoms with Crippen LogP contribution in [0.5, 0.6) is 0 Å². The summed E-state index contributed by atoms with van der Waals surface area (Å²) in [6.07, 6.45) is -9.53. The van der Waals surface area contributed by atoms with Gasteiger partial charge >= 0.3 is 12.4 Å². The van der Waals surface area contributed by atoms with Crippen molar-refractivity contribution in [3.8, 4) is 11.1 Å². The number of benzene rings is 1. The first-order chi connectivity index (χ1) is 17.1. The highest BCUT2D eigenvalue weighted by Crippen LogP contribution is 2.43. The monoisotopic (exact) mass is 541 g/mol. The lowest BCUT2D eigenvalue weighted by molar-refractivity contribution is -0.142. The maximum Gasteiger partial charge on any atom is 0.435 e. The molecule has 14 heteroatoms. The average Bonchev–Trinajstić information content (AvgIpc) is 3.34. The summed E-state index contributed by atoms with van der Waals surface area (Å²) in [6, 6.07) is 8.06. The molecule has 194 valence electrons. The molecule has 0 aliphatic carbocycles. The van der Waals surface area contributed by atoms with Gasteiger partial charge in [-0.15, -0.1) is 11.3 Å². The number of anilines is 1. The van der Waals surface area contributed by atoms with Gasteiger partial charge in [0.1, 0.15) is 21.9 Å². The van der Waals surface area contributed by atoms with Crippen molar-refractivity contribution in [3.63, 3.8) is 0 Å². The van der Waals surface area contributed by atoms with Crippen LogP contribution < -0.4 is 11.1 Å². The SMILES string of the molecule is Cc1ccc(-c2cc(C(F)(F)F)nc3sc(C(N)=O)c(NC(=O)Cn4nc(C(F)(F)F)cc4C)c23)cc1. The molecule has 0 aliphatic heterocycles. The lowest BCUT2D eigenvalue weighted by atomic mass is 10.00. The Balaban J connectivity index is 1.84. The topological polar surface area (TPSA) is 103 Å². The highest BCUT2D eigenvalue weighted by Gasteiger charge is 2.36. The minimum atomic E-state index is -4.80. The highest BCUT2D eigenvalue weighted by atomic mass is 32.1. The van der Waals surface area contributed by atoms with Crippen molar-refractivity contribution >= 4 is 39.1 Å². The van der Waals surface area contributed by atoms with Crippen molar-refractivity contribution in [2.24, 2.45) is 5.73 Å². The normalized spacial score (nSPS) is 12.2. The first kappa shape index (κ1) is 26.1. The van der Waals surface area contributed by atoms with Crippen molar-refractivity contribution in [1.82, 2.24) is 14.8 Å². The molecule has 0 aliphatic rings. The molecule has 0 atom stereocenters. The Bertz CT molecular complexity index is 1520. The number of hydrogen-bond acceptors (Lipinski definition) is 5. The van der Waals surface area contributed by atoms with E-state index in [2.05, 4.69) is 15.4 Å². The second-order valence-electron chi connectivity index (χ2n) is 8.14. The van der Waals surface area contributed by atoms with Gasteiger partial charge in [-0.2, -0.15) is 31.4 Å². The molecule has 3 N–H and O–H groups in total. The van der Waals surface area contributed by atoms with Crippen LogP contribution in [0, 0.1) is 13.8 Å². The Kier molecular flexibility index (Phi) is 6.48. The molecule has 2 amide bonds. The smallest absolute Gasteiger partial charge is 0.365 e. The van der Waals surface area contributed by atoms with Gasteiger partial charge in [-0.3, -0.25) is 14.3 Å². The maximum absolute atomic E-state index is 13.6. The number of carbonyl (C=O) groups is 2. The molecule has 0 saturated carbocycles. The van der Waals surface area contributed by atoms with Crippen LogP contribution in [0.25, 0.3) is 21.3 Å². The molecule has 1 aromatic carbocycles. The van der Waals surface area contributed by atoms with E-state index in [1.54, 1.807) is 31.2 Å². The van der Waals surface area contributed by atoms with E-state index in [9.17, 15) is 35.9 Å². The number of aromatic nitrogens is 3. The van der Waals surface area contributed by atoms with E-state index in [1.807, 2.05) is 0 Å². The molecule has 4 rings (SSSR count). The first-order valence-corrected chi connectivity index (χ1v) is 11.3. The number of nitrogens with two attached hydrogens (primary N) is 1. The zero-order valence-corrected chi connectivity index (χ0v) is 19.9. The summed E-state index contributed by atoms with van der Waals surface area (Å²) in [5.41, 5.74) is 4.13. The van der Waals surface area contributed by atoms with Crippen molar-refractivity contribution < 1.29 is 35.9 Å². The second kappa shape index (κ2) is 9.18. The number of alkyl halides is 6. The number of aryl methyl sites for hydroxylation is 2. The minimum Gasteiger partial charge on any atom is -0.365 e. The summed E-state index contributed by atoms with van der Waals surface area (Å²) in [5, 5.41) is 5.85. The van der Waals surface area contributed by atoms with Gasteiger partial charge in [0.05, 0.1) is 5.69 Å². The lowest BCUT2D eigenvalue weighted by Gasteiger charge is -2.13. The fourth-order valence-corrected chi connectivity index (χ4v) is 4.63. The van der Waals surface area contributed by atoms with Crippen LogP contribution in [0.2, 0.25) is 0 Å². The number of pyridine rings is 1. The van der Waals surface area contributed by atoms with Crippen LogP contribution in [-0.4, -0.2) is 26.6 Å². The number of nitrogens with zero attached hydrogens (tertiary/aromatic N) is 3. The maximum atomic E-state index is 13.6. The van der Waals surface area contributed by atoms with Crippen LogP contribution in [0.4, 0.5) is 32.0 Å². The molecular weight excluding hydrogens is 524 g/mol. The van der Waals surface area contributed by atoms with Gasteiger partial charge in [-0.05, 0) is 37.1 Å². The number of nitrogens with one attached hydrogen (secondary N) is 1. The molecule has 0 saturated heterocycles. The zero-order valence-electron chi connectivity index (χ0n) is 19.1. The Labute approximate surface area is 208 Å². The predicted molar refractivity (Wildman–Crippen MR) is 124 cm³/mol. The minimum absolute atomic E-state index is 0.0333. The van der Waals surface area contributed by atoms with E-state index >= 15 is 0 Å². The van der Waals surface area contributed by atoms with Crippen LogP contribution in [0.1, 0.15) is 32.3 Å². The Hall–Kier alpha value is -3.94. The summed E-state index contributed by atoms with van der Waals surface area (Å²) in [5.74, 6) is -1.91. The van der Waals surface area contributed by atoms with Crippen molar-refractivity contribution in [2.75, 3.05) is 5.32 Å². The van der Waals surface area contributed by atoms with Gasteiger partial charge in [0.2, 0.25) is 5.91 Å². The largest absolute Gasteiger partial charge is 0.435 e. The number of primary amides is 1. The van der Waals surface area contributed by atoms with Crippen molar-refractivity contribution in [2.45, 2.75) is 32.7 Å². The van der Waals surface area contributed by atoms with Crippen molar-refractivity contribution in [3.05, 3.63) is 63.9 Å². The Morgan fingerprint density at radius 2 is 1.62 bits per heavy atom. The fraction of sp³-hybridized carbons (Fsp3) is 0.217. The number of halogens is 6. The van der Waals surface area contributed by atoms with Gasteiger partial charge in [0.25, 0.3) is 5.91 Å². The Morgan fingerprint density at radius 1 is 1.00 bits per heavy atom. The quantitative estimate of drug-likeness (QED) is 0.323. The lowest BCUT2D eigenvalue weighted by Crippen LogP contribution is -2.22. The molecule has 4 aromatic rings. The molecular formula is C23H17F6N5O2S. The zero-order chi connectivity index (χ0) is 27.3. The summed E-state index contributed by atoms with van der Waals surface area (Å²) in [6.45, 7) is 2.45. The summed E-state index contributed by atoms with van der Waals surface area (Å²) in [4.78, 5) is 28.2. The third-order valence-corrected chi connectivity index (χ3v) is 6.47. The number of fused-ring (bicyclic) bond motifs is 1. The number of rotatable bonds is 5. The molecule has 0 bridgehead atoms. The van der Waals surface area contributed by atoms with Gasteiger partial charge in [-0.25, -0.2) is 4.98 Å². The molecule has 3 heterocycles. The van der Waals surface area contributed by atoms with Crippen LogP contribution in [0.15, 0.2) is 36.4 Å². The Morgan fingerprint density at radius 3 is 2.16 bits per heavy atom. The van der Waals surface area contributed by atoms with Gasteiger partial charge in [-0.1, -0.05) is 29.8 Å². The molecule has 0 fully saturated rings.